The number of amides is 2. The lowest BCUT2D eigenvalue weighted by Gasteiger charge is -2.32. The monoisotopic (exact) mass is 534 g/mol. The molecule has 0 unspecified atom stereocenters. The molecule has 2 N–H and O–H groups in total. The van der Waals surface area contributed by atoms with E-state index in [1.807, 2.05) is 37.8 Å². The van der Waals surface area contributed by atoms with Crippen molar-refractivity contribution >= 4 is 46.4 Å². The van der Waals surface area contributed by atoms with Crippen LogP contribution in [-0.4, -0.2) is 64.4 Å². The molecule has 0 spiro atoms. The van der Waals surface area contributed by atoms with Crippen LogP contribution in [0.2, 0.25) is 0 Å². The van der Waals surface area contributed by atoms with E-state index in [1.165, 1.54) is 7.11 Å². The molecule has 0 aliphatic carbocycles. The minimum absolute atomic E-state index is 0.0237. The van der Waals surface area contributed by atoms with E-state index in [-0.39, 0.29) is 23.9 Å². The molecule has 3 heterocycles. The number of aromatic amines is 1. The first kappa shape index (κ1) is 27.5. The molecule has 2 amide bonds. The number of imidazole rings is 1. The summed E-state index contributed by atoms with van der Waals surface area (Å²) >= 11 is 0. The Bertz CT molecular complexity index is 1400. The summed E-state index contributed by atoms with van der Waals surface area (Å²) in [6, 6.07) is 9.45. The number of benzene rings is 2. The highest BCUT2D eigenvalue weighted by Crippen LogP contribution is 2.38. The third-order valence-electron chi connectivity index (χ3n) is 8.67. The first-order chi connectivity index (χ1) is 18.3. The van der Waals surface area contributed by atoms with E-state index in [0.29, 0.717) is 0 Å². The number of carbonyl (C=O) groups excluding carboxylic acids is 2. The van der Waals surface area contributed by atoms with Crippen LogP contribution in [0.5, 0.6) is 0 Å². The largest absolute Gasteiger partial charge is 0.494 e. The molecule has 10 heteroatoms. The molecule has 39 heavy (non-hydrogen) atoms. The summed E-state index contributed by atoms with van der Waals surface area (Å²) in [5.41, 5.74) is 1.94. The minimum atomic E-state index is -0.681. The Kier molecular flexibility index (Phi) is 6.91. The average Bonchev–Trinajstić information content (AvgIpc) is 3.54. The maximum Gasteiger partial charge on any atom is 0.494 e. The van der Waals surface area contributed by atoms with Crippen molar-refractivity contribution < 1.29 is 23.6 Å². The topological polar surface area (TPSA) is 106 Å². The van der Waals surface area contributed by atoms with Crippen LogP contribution >= 0.6 is 0 Å². The SMILES string of the molecule is COC(=O)N[C@H](C(=O)N1[C@@H](C)CC[C@H]1c1nc2c(ccc3cc(B4OC(C)(C)C(C)(C)O4)ccc32)[nH]1)C(C)C. The number of carbonyl (C=O) groups is 2. The number of fused-ring (bicyclic) bond motifs is 3. The van der Waals surface area contributed by atoms with Crippen molar-refractivity contribution in [2.24, 2.45) is 5.92 Å². The summed E-state index contributed by atoms with van der Waals surface area (Å²) in [6.07, 6.45) is 1.04. The van der Waals surface area contributed by atoms with Gasteiger partial charge in [-0.05, 0) is 70.3 Å². The number of hydrogen-bond donors (Lipinski definition) is 2. The number of rotatable bonds is 5. The van der Waals surface area contributed by atoms with Crippen LogP contribution in [0.25, 0.3) is 21.8 Å². The molecule has 2 fully saturated rings. The normalized spacial score (nSPS) is 23.1. The number of alkyl carbamates (subject to hydrolysis) is 1. The Morgan fingerprint density at radius 3 is 2.46 bits per heavy atom. The number of nitrogens with zero attached hydrogens (tertiary/aromatic N) is 2. The molecule has 1 aromatic heterocycles. The molecule has 0 radical (unpaired) electrons. The Morgan fingerprint density at radius 1 is 1.13 bits per heavy atom. The molecule has 0 saturated carbocycles. The number of nitrogens with one attached hydrogen (secondary N) is 2. The van der Waals surface area contributed by atoms with Gasteiger partial charge in [0.2, 0.25) is 5.91 Å². The number of ether oxygens (including phenoxy) is 1. The van der Waals surface area contributed by atoms with Crippen LogP contribution in [0.15, 0.2) is 30.3 Å². The van der Waals surface area contributed by atoms with Gasteiger partial charge in [0.15, 0.2) is 0 Å². The van der Waals surface area contributed by atoms with Gasteiger partial charge in [0.1, 0.15) is 11.9 Å². The van der Waals surface area contributed by atoms with Crippen molar-refractivity contribution in [1.82, 2.24) is 20.2 Å². The zero-order valence-corrected chi connectivity index (χ0v) is 24.1. The summed E-state index contributed by atoms with van der Waals surface area (Å²) in [5, 5.41) is 4.79. The summed E-state index contributed by atoms with van der Waals surface area (Å²) < 4.78 is 17.3. The third-order valence-corrected chi connectivity index (χ3v) is 8.67. The van der Waals surface area contributed by atoms with Gasteiger partial charge in [-0.3, -0.25) is 4.79 Å². The molecule has 3 aromatic rings. The molecule has 208 valence electrons. The molecule has 2 aliphatic heterocycles. The highest BCUT2D eigenvalue weighted by Gasteiger charge is 2.51. The Labute approximate surface area is 230 Å². The van der Waals surface area contributed by atoms with Gasteiger partial charge in [0.05, 0.1) is 35.4 Å². The maximum atomic E-state index is 13.7. The lowest BCUT2D eigenvalue weighted by Crippen LogP contribution is -2.52. The second-order valence-corrected chi connectivity index (χ2v) is 12.2. The maximum absolute atomic E-state index is 13.7. The van der Waals surface area contributed by atoms with Gasteiger partial charge in [-0.1, -0.05) is 38.1 Å². The van der Waals surface area contributed by atoms with E-state index in [0.717, 1.165) is 45.9 Å². The molecule has 3 atom stereocenters. The van der Waals surface area contributed by atoms with Crippen molar-refractivity contribution in [2.75, 3.05) is 7.11 Å². The molecule has 2 saturated heterocycles. The summed E-state index contributed by atoms with van der Waals surface area (Å²) in [5.74, 6) is 0.538. The van der Waals surface area contributed by atoms with Gasteiger partial charge in [0, 0.05) is 11.4 Å². The van der Waals surface area contributed by atoms with Crippen molar-refractivity contribution in [3.63, 3.8) is 0 Å². The van der Waals surface area contributed by atoms with E-state index in [2.05, 4.69) is 56.2 Å². The smallest absolute Gasteiger partial charge is 0.453 e. The summed E-state index contributed by atoms with van der Waals surface area (Å²) in [4.78, 5) is 36.0. The lowest BCUT2D eigenvalue weighted by atomic mass is 9.78. The standard InChI is InChI=1S/C29H39BN4O5/c1-16(2)23(33-27(36)37-8)26(35)34-17(3)9-14-22(34)25-31-21-13-10-18-15-19(11-12-20(18)24(21)32-25)30-38-28(4,5)29(6,7)39-30/h10-13,15-17,22-23H,9,14H2,1-8H3,(H,31,32)(H,33,36)/t17-,22-,23-/m0/s1. The summed E-state index contributed by atoms with van der Waals surface area (Å²) in [7, 11) is 0.868. The Morgan fingerprint density at radius 2 is 1.82 bits per heavy atom. The fourth-order valence-electron chi connectivity index (χ4n) is 5.61. The first-order valence-corrected chi connectivity index (χ1v) is 13.8. The number of aromatic nitrogens is 2. The van der Waals surface area contributed by atoms with Gasteiger partial charge < -0.3 is 29.2 Å². The molecule has 2 aliphatic rings. The molecule has 2 aromatic carbocycles. The number of methoxy groups -OCH3 is 1. The summed E-state index contributed by atoms with van der Waals surface area (Å²) in [6.45, 7) is 14.1. The highest BCUT2D eigenvalue weighted by molar-refractivity contribution is 6.62. The number of likely N-dealkylation sites (tertiary alicyclic amines) is 1. The molecule has 0 bridgehead atoms. The third kappa shape index (κ3) is 4.78. The number of hydrogen-bond acceptors (Lipinski definition) is 6. The average molecular weight is 534 g/mol. The number of H-pyrrole nitrogens is 1. The second-order valence-electron chi connectivity index (χ2n) is 12.2. The van der Waals surface area contributed by atoms with Crippen molar-refractivity contribution in [3.05, 3.63) is 36.2 Å². The molecular weight excluding hydrogens is 495 g/mol. The molecule has 5 rings (SSSR count). The highest BCUT2D eigenvalue weighted by atomic mass is 16.7. The van der Waals surface area contributed by atoms with E-state index < -0.39 is 30.5 Å². The molecular formula is C29H39BN4O5. The van der Waals surface area contributed by atoms with Crippen molar-refractivity contribution in [2.45, 2.75) is 90.6 Å². The minimum Gasteiger partial charge on any atom is -0.453 e. The van der Waals surface area contributed by atoms with Gasteiger partial charge in [-0.25, -0.2) is 9.78 Å². The Balaban J connectivity index is 1.46. The lowest BCUT2D eigenvalue weighted by molar-refractivity contribution is -0.137. The zero-order chi connectivity index (χ0) is 28.3. The van der Waals surface area contributed by atoms with Gasteiger partial charge in [0.25, 0.3) is 0 Å². The van der Waals surface area contributed by atoms with Gasteiger partial charge in [-0.15, -0.1) is 0 Å². The van der Waals surface area contributed by atoms with Gasteiger partial charge >= 0.3 is 13.2 Å². The fourth-order valence-corrected chi connectivity index (χ4v) is 5.61. The van der Waals surface area contributed by atoms with Crippen LogP contribution in [0, 0.1) is 5.92 Å². The zero-order valence-electron chi connectivity index (χ0n) is 24.1. The molecule has 9 nitrogen and oxygen atoms in total. The van der Waals surface area contributed by atoms with Crippen LogP contribution < -0.4 is 10.8 Å². The van der Waals surface area contributed by atoms with Crippen LogP contribution in [0.4, 0.5) is 4.79 Å². The predicted molar refractivity (Wildman–Crippen MR) is 152 cm³/mol. The van der Waals surface area contributed by atoms with E-state index in [9.17, 15) is 9.59 Å². The van der Waals surface area contributed by atoms with E-state index >= 15 is 0 Å². The van der Waals surface area contributed by atoms with Crippen LogP contribution in [0.3, 0.4) is 0 Å². The second kappa shape index (κ2) is 9.82. The van der Waals surface area contributed by atoms with Crippen LogP contribution in [-0.2, 0) is 18.8 Å². The first-order valence-electron chi connectivity index (χ1n) is 13.8. The van der Waals surface area contributed by atoms with Crippen molar-refractivity contribution in [3.8, 4) is 0 Å². The van der Waals surface area contributed by atoms with Crippen molar-refractivity contribution in [1.29, 1.82) is 0 Å². The van der Waals surface area contributed by atoms with Gasteiger partial charge in [-0.2, -0.15) is 0 Å². The van der Waals surface area contributed by atoms with E-state index in [1.54, 1.807) is 0 Å². The quantitative estimate of drug-likeness (QED) is 0.469. The fraction of sp³-hybridized carbons (Fsp3) is 0.552. The van der Waals surface area contributed by atoms with Crippen LogP contribution in [0.1, 0.15) is 73.2 Å². The predicted octanol–water partition coefficient (Wildman–Crippen LogP) is 4.45. The Hall–Kier alpha value is -3.11. The van der Waals surface area contributed by atoms with E-state index in [4.69, 9.17) is 19.0 Å².